The van der Waals surface area contributed by atoms with E-state index in [1.54, 1.807) is 12.1 Å². The van der Waals surface area contributed by atoms with Crippen LogP contribution in [0.2, 0.25) is 0 Å². The lowest BCUT2D eigenvalue weighted by molar-refractivity contribution is 0.509. The van der Waals surface area contributed by atoms with Crippen molar-refractivity contribution >= 4 is 17.5 Å². The number of anilines is 3. The van der Waals surface area contributed by atoms with Crippen molar-refractivity contribution in [1.82, 2.24) is 15.2 Å². The third-order valence-electron chi connectivity index (χ3n) is 3.12. The first-order valence-corrected chi connectivity index (χ1v) is 7.00. The maximum Gasteiger partial charge on any atom is 0.249 e. The molecule has 2 aromatic carbocycles. The molecule has 122 valence electrons. The molecule has 0 radical (unpaired) electrons. The zero-order valence-corrected chi connectivity index (χ0v) is 12.3. The number of hydrogen-bond donors (Lipinski definition) is 2. The first-order valence-electron chi connectivity index (χ1n) is 7.00. The summed E-state index contributed by atoms with van der Waals surface area (Å²) < 4.78 is 38.9. The Kier molecular flexibility index (Phi) is 4.55. The van der Waals surface area contributed by atoms with Gasteiger partial charge in [0.1, 0.15) is 5.82 Å². The molecule has 2 N–H and O–H groups in total. The second kappa shape index (κ2) is 6.95. The average molecular weight is 331 g/mol. The summed E-state index contributed by atoms with van der Waals surface area (Å²) in [4.78, 5) is 4.17. The standard InChI is InChI=1S/C16H12F3N5/c17-11-3-1-10(2-4-11)8-20-15-9-21-24-16(23-15)22-12-5-6-13(18)14(19)7-12/h1-7,9H,8H2,(H2,20,22,23,24). The number of nitrogens with one attached hydrogen (secondary N) is 2. The lowest BCUT2D eigenvalue weighted by Crippen LogP contribution is -2.06. The van der Waals surface area contributed by atoms with Crippen LogP contribution >= 0.6 is 0 Å². The number of rotatable bonds is 5. The van der Waals surface area contributed by atoms with E-state index in [2.05, 4.69) is 25.8 Å². The first-order chi connectivity index (χ1) is 11.6. The number of hydrogen-bond acceptors (Lipinski definition) is 5. The highest BCUT2D eigenvalue weighted by Crippen LogP contribution is 2.17. The zero-order valence-electron chi connectivity index (χ0n) is 12.3. The maximum atomic E-state index is 13.2. The Morgan fingerprint density at radius 1 is 0.917 bits per heavy atom. The average Bonchev–Trinajstić information content (AvgIpc) is 2.58. The van der Waals surface area contributed by atoms with Crippen molar-refractivity contribution in [2.45, 2.75) is 6.54 Å². The molecule has 1 heterocycles. The summed E-state index contributed by atoms with van der Waals surface area (Å²) in [5.41, 5.74) is 1.16. The van der Waals surface area contributed by atoms with Gasteiger partial charge in [0.2, 0.25) is 5.95 Å². The van der Waals surface area contributed by atoms with E-state index in [-0.39, 0.29) is 11.8 Å². The van der Waals surface area contributed by atoms with Crippen molar-refractivity contribution in [1.29, 1.82) is 0 Å². The summed E-state index contributed by atoms with van der Waals surface area (Å²) in [7, 11) is 0. The Labute approximate surface area is 135 Å². The van der Waals surface area contributed by atoms with Gasteiger partial charge in [-0.2, -0.15) is 10.1 Å². The van der Waals surface area contributed by atoms with Crippen molar-refractivity contribution in [3.8, 4) is 0 Å². The largest absolute Gasteiger partial charge is 0.365 e. The van der Waals surface area contributed by atoms with Gasteiger partial charge in [-0.1, -0.05) is 12.1 Å². The Bertz CT molecular complexity index is 839. The fourth-order valence-electron chi connectivity index (χ4n) is 1.94. The normalized spacial score (nSPS) is 10.5. The quantitative estimate of drug-likeness (QED) is 0.747. The summed E-state index contributed by atoms with van der Waals surface area (Å²) in [5.74, 6) is -1.65. The lowest BCUT2D eigenvalue weighted by Gasteiger charge is -2.08. The van der Waals surface area contributed by atoms with E-state index in [4.69, 9.17) is 0 Å². The van der Waals surface area contributed by atoms with E-state index in [0.29, 0.717) is 18.1 Å². The number of halogens is 3. The zero-order chi connectivity index (χ0) is 16.9. The van der Waals surface area contributed by atoms with Crippen molar-refractivity contribution in [3.63, 3.8) is 0 Å². The van der Waals surface area contributed by atoms with Gasteiger partial charge in [0.25, 0.3) is 0 Å². The Balaban J connectivity index is 1.67. The van der Waals surface area contributed by atoms with Crippen LogP contribution in [0.15, 0.2) is 48.7 Å². The molecule has 24 heavy (non-hydrogen) atoms. The van der Waals surface area contributed by atoms with Gasteiger partial charge >= 0.3 is 0 Å². The molecule has 0 aliphatic rings. The molecule has 5 nitrogen and oxygen atoms in total. The summed E-state index contributed by atoms with van der Waals surface area (Å²) in [6, 6.07) is 9.39. The van der Waals surface area contributed by atoms with E-state index in [0.717, 1.165) is 17.7 Å². The van der Waals surface area contributed by atoms with Gasteiger partial charge in [0.05, 0.1) is 6.20 Å². The van der Waals surface area contributed by atoms with Crippen molar-refractivity contribution < 1.29 is 13.2 Å². The molecule has 0 unspecified atom stereocenters. The minimum Gasteiger partial charge on any atom is -0.365 e. The highest BCUT2D eigenvalue weighted by molar-refractivity contribution is 5.54. The molecule has 8 heteroatoms. The van der Waals surface area contributed by atoms with Crippen LogP contribution in [0.3, 0.4) is 0 Å². The van der Waals surface area contributed by atoms with Gasteiger partial charge in [-0.05, 0) is 29.8 Å². The predicted molar refractivity (Wildman–Crippen MR) is 83.2 cm³/mol. The Morgan fingerprint density at radius 2 is 1.71 bits per heavy atom. The third-order valence-corrected chi connectivity index (χ3v) is 3.12. The van der Waals surface area contributed by atoms with Crippen LogP contribution in [0.25, 0.3) is 0 Å². The SMILES string of the molecule is Fc1ccc(CNc2cnnc(Nc3ccc(F)c(F)c3)n2)cc1. The first kappa shape index (κ1) is 15.7. The predicted octanol–water partition coefficient (Wildman–Crippen LogP) is 3.64. The van der Waals surface area contributed by atoms with Crippen molar-refractivity contribution in [2.75, 3.05) is 10.6 Å². The highest BCUT2D eigenvalue weighted by atomic mass is 19.2. The molecule has 0 saturated heterocycles. The van der Waals surface area contributed by atoms with Crippen LogP contribution in [0.1, 0.15) is 5.56 Å². The van der Waals surface area contributed by atoms with Gasteiger partial charge in [0.15, 0.2) is 17.5 Å². The van der Waals surface area contributed by atoms with E-state index in [1.807, 2.05) is 0 Å². The molecular formula is C16H12F3N5. The minimum absolute atomic E-state index is 0.130. The van der Waals surface area contributed by atoms with Gasteiger partial charge in [-0.3, -0.25) is 0 Å². The second-order valence-electron chi connectivity index (χ2n) is 4.90. The third kappa shape index (κ3) is 3.97. The molecule has 0 amide bonds. The summed E-state index contributed by atoms with van der Waals surface area (Å²) in [6.07, 6.45) is 1.42. The topological polar surface area (TPSA) is 62.7 Å². The molecule has 0 bridgehead atoms. The van der Waals surface area contributed by atoms with Gasteiger partial charge in [-0.25, -0.2) is 13.2 Å². The molecule has 0 atom stereocenters. The number of aromatic nitrogens is 3. The van der Waals surface area contributed by atoms with E-state index < -0.39 is 11.6 Å². The summed E-state index contributed by atoms with van der Waals surface area (Å²) >= 11 is 0. The summed E-state index contributed by atoms with van der Waals surface area (Å²) in [6.45, 7) is 0.420. The molecular weight excluding hydrogens is 319 g/mol. The van der Waals surface area contributed by atoms with Crippen LogP contribution in [0.4, 0.5) is 30.6 Å². The smallest absolute Gasteiger partial charge is 0.249 e. The molecule has 0 aliphatic heterocycles. The molecule has 0 aliphatic carbocycles. The van der Waals surface area contributed by atoms with Crippen LogP contribution in [-0.4, -0.2) is 15.2 Å². The van der Waals surface area contributed by atoms with Gasteiger partial charge in [0, 0.05) is 18.3 Å². The molecule has 3 aromatic rings. The van der Waals surface area contributed by atoms with E-state index in [1.165, 1.54) is 24.4 Å². The van der Waals surface area contributed by atoms with Crippen molar-refractivity contribution in [2.24, 2.45) is 0 Å². The fourth-order valence-corrected chi connectivity index (χ4v) is 1.94. The van der Waals surface area contributed by atoms with Crippen LogP contribution in [0, 0.1) is 17.5 Å². The highest BCUT2D eigenvalue weighted by Gasteiger charge is 2.05. The number of benzene rings is 2. The monoisotopic (exact) mass is 331 g/mol. The maximum absolute atomic E-state index is 13.2. The summed E-state index contributed by atoms with van der Waals surface area (Å²) in [5, 5.41) is 13.3. The van der Waals surface area contributed by atoms with Gasteiger partial charge in [-0.15, -0.1) is 5.10 Å². The van der Waals surface area contributed by atoms with Gasteiger partial charge < -0.3 is 10.6 Å². The minimum atomic E-state index is -0.974. The second-order valence-corrected chi connectivity index (χ2v) is 4.90. The number of nitrogens with zero attached hydrogens (tertiary/aromatic N) is 3. The Hall–Kier alpha value is -3.16. The molecule has 0 saturated carbocycles. The lowest BCUT2D eigenvalue weighted by atomic mass is 10.2. The fraction of sp³-hybridized carbons (Fsp3) is 0.0625. The van der Waals surface area contributed by atoms with E-state index in [9.17, 15) is 13.2 Å². The molecule has 3 rings (SSSR count). The Morgan fingerprint density at radius 3 is 2.46 bits per heavy atom. The molecule has 0 fully saturated rings. The van der Waals surface area contributed by atoms with Crippen LogP contribution in [-0.2, 0) is 6.54 Å². The van der Waals surface area contributed by atoms with Crippen LogP contribution in [0.5, 0.6) is 0 Å². The van der Waals surface area contributed by atoms with Crippen molar-refractivity contribution in [3.05, 3.63) is 71.7 Å². The van der Waals surface area contributed by atoms with E-state index >= 15 is 0 Å². The molecule has 0 spiro atoms. The molecule has 1 aromatic heterocycles. The van der Waals surface area contributed by atoms with Crippen LogP contribution < -0.4 is 10.6 Å².